The molecule has 4 aliphatic rings. The minimum absolute atomic E-state index is 0.0645. The molecule has 0 radical (unpaired) electrons. The van der Waals surface area contributed by atoms with E-state index in [-0.39, 0.29) is 70.5 Å². The number of oxime groups is 2. The Morgan fingerprint density at radius 2 is 1.37 bits per heavy atom. The summed E-state index contributed by atoms with van der Waals surface area (Å²) in [5.74, 6) is -1.99. The molecular weight excluding hydrogens is 992 g/mol. The third-order valence-corrected chi connectivity index (χ3v) is 10.2. The fraction of sp³-hybridized carbons (Fsp3) is 0.118. The number of hydrogen-bond donors (Lipinski definition) is 5. The maximum absolute atomic E-state index is 13.0. The van der Waals surface area contributed by atoms with Crippen molar-refractivity contribution >= 4 is 103 Å². The second kappa shape index (κ2) is 17.8. The molecule has 4 aromatic rings. The number of nitrogens with zero attached hydrogens (tertiary/aromatic N) is 2. The molecule has 5 N–H and O–H groups in total. The van der Waals surface area contributed by atoms with Gasteiger partial charge in [0.25, 0.3) is 11.8 Å². The molecule has 4 heterocycles. The van der Waals surface area contributed by atoms with Crippen LogP contribution in [0.2, 0.25) is 0 Å². The summed E-state index contributed by atoms with van der Waals surface area (Å²) in [6, 6.07) is 15.1. The van der Waals surface area contributed by atoms with Crippen molar-refractivity contribution in [2.75, 3.05) is 6.54 Å². The summed E-state index contributed by atoms with van der Waals surface area (Å²) in [5, 5.41) is 43.9. The molecule has 0 saturated carbocycles. The summed E-state index contributed by atoms with van der Waals surface area (Å²) in [4.78, 5) is 26.0. The second-order valence-electron chi connectivity index (χ2n) is 11.2. The zero-order valence-corrected chi connectivity index (χ0v) is 34.3. The van der Waals surface area contributed by atoms with Crippen LogP contribution in [0.1, 0.15) is 22.3 Å². The Bertz CT molecular complexity index is 2310. The topological polar surface area (TPSA) is 228 Å². The van der Waals surface area contributed by atoms with Crippen molar-refractivity contribution in [3.63, 3.8) is 0 Å². The highest BCUT2D eigenvalue weighted by Gasteiger charge is 2.20. The van der Waals surface area contributed by atoms with E-state index in [1.807, 2.05) is 0 Å². The summed E-state index contributed by atoms with van der Waals surface area (Å²) in [6.45, 7) is 0.0645. The van der Waals surface area contributed by atoms with E-state index >= 15 is 0 Å². The predicted molar refractivity (Wildman–Crippen MR) is 208 cm³/mol. The van der Waals surface area contributed by atoms with Gasteiger partial charge in [-0.05, 0) is 131 Å². The molecule has 15 nitrogen and oxygen atoms in total. The predicted octanol–water partition coefficient (Wildman–Crippen LogP) is 6.78. The molecule has 54 heavy (non-hydrogen) atoms. The first kappa shape index (κ1) is 40.7. The number of nitrogens with one attached hydrogen (secondary N) is 2. The molecule has 0 spiro atoms. The van der Waals surface area contributed by atoms with Gasteiger partial charge in [-0.1, -0.05) is 44.1 Å². The standard InChI is InChI=1S/C34H26Br4N4O11S/c35-21-9-17-1-3-27(21)51-29-15-18(2-4-28(29)53-54(48,49)50)6-8-40-33(44)25(41-46)13-19-11-23(37)32(24(38)12-19)52-30-16-20(10-22(36)31(30)43)14-26(42-47)34(45)39-7-5-17/h1-5,7,9-12,15-16,43,46-47H,6,8,13-14H2,(H,39,45)(H,40,44)(H,48,49,50)/p-1/b7-5+,41-25-,42-26-. The van der Waals surface area contributed by atoms with E-state index < -0.39 is 28.0 Å². The number of carbonyl (C=O) groups is 2. The van der Waals surface area contributed by atoms with Gasteiger partial charge in [-0.2, -0.15) is 8.42 Å². The van der Waals surface area contributed by atoms with Crippen molar-refractivity contribution < 1.29 is 51.7 Å². The molecule has 0 aromatic heterocycles. The van der Waals surface area contributed by atoms with Crippen LogP contribution in [0, 0.1) is 0 Å². The normalized spacial score (nSPS) is 16.5. The van der Waals surface area contributed by atoms with Gasteiger partial charge in [0.2, 0.25) is 0 Å². The smallest absolute Gasteiger partial charge is 0.446 e. The van der Waals surface area contributed by atoms with Crippen molar-refractivity contribution in [1.82, 2.24) is 10.6 Å². The quantitative estimate of drug-likeness (QED) is 0.0799. The average Bonchev–Trinajstić information content (AvgIpc) is 3.10. The Morgan fingerprint density at radius 3 is 2.02 bits per heavy atom. The molecule has 2 amide bonds. The molecule has 4 aliphatic heterocycles. The molecule has 0 unspecified atom stereocenters. The van der Waals surface area contributed by atoms with Gasteiger partial charge >= 0.3 is 10.4 Å². The molecule has 0 saturated heterocycles. The van der Waals surface area contributed by atoms with Gasteiger partial charge in [0.1, 0.15) is 22.9 Å². The molecule has 20 heteroatoms. The van der Waals surface area contributed by atoms with Gasteiger partial charge in [-0.25, -0.2) is 0 Å². The fourth-order valence-corrected chi connectivity index (χ4v) is 7.72. The Labute approximate surface area is 341 Å². The number of halogens is 4. The molecule has 282 valence electrons. The van der Waals surface area contributed by atoms with E-state index in [9.17, 15) is 38.1 Å². The highest BCUT2D eigenvalue weighted by molar-refractivity contribution is 9.11. The highest BCUT2D eigenvalue weighted by Crippen LogP contribution is 2.43. The van der Waals surface area contributed by atoms with Crippen LogP contribution < -0.4 is 29.4 Å². The summed E-state index contributed by atoms with van der Waals surface area (Å²) in [5.41, 5.74) is 1.57. The van der Waals surface area contributed by atoms with Crippen LogP contribution in [-0.4, -0.2) is 53.2 Å². The van der Waals surface area contributed by atoms with Crippen LogP contribution in [-0.2, 0) is 39.3 Å². The van der Waals surface area contributed by atoms with Crippen molar-refractivity contribution in [3.05, 3.63) is 107 Å². The lowest BCUT2D eigenvalue weighted by molar-refractivity contribution is -0.271. The van der Waals surface area contributed by atoms with E-state index in [1.54, 1.807) is 36.4 Å². The summed E-state index contributed by atoms with van der Waals surface area (Å²) >= 11 is 13.5. The lowest BCUT2D eigenvalue weighted by Gasteiger charge is -2.20. The number of benzene rings is 4. The summed E-state index contributed by atoms with van der Waals surface area (Å²) < 4.78 is 50.4. The minimum Gasteiger partial charge on any atom is -0.869 e. The van der Waals surface area contributed by atoms with Gasteiger partial charge in [0.15, 0.2) is 17.2 Å². The Balaban J connectivity index is 1.51. The van der Waals surface area contributed by atoms with E-state index in [4.69, 9.17) is 13.7 Å². The Kier molecular flexibility index (Phi) is 13.4. The molecular formula is C34H25Br4N4O11S-. The zero-order chi connectivity index (χ0) is 39.2. The monoisotopic (exact) mass is 1010 g/mol. The third-order valence-electron chi connectivity index (χ3n) is 7.42. The number of carbonyl (C=O) groups excluding carboxylic acids is 2. The van der Waals surface area contributed by atoms with Gasteiger partial charge in [-0.3, -0.25) is 14.1 Å². The third kappa shape index (κ3) is 10.6. The minimum atomic E-state index is -4.92. The second-order valence-corrected chi connectivity index (χ2v) is 15.7. The zero-order valence-electron chi connectivity index (χ0n) is 27.2. The number of hydrogen-bond acceptors (Lipinski definition) is 12. The molecule has 0 fully saturated rings. The summed E-state index contributed by atoms with van der Waals surface area (Å²) in [7, 11) is -4.92. The number of rotatable bonds is 2. The van der Waals surface area contributed by atoms with Crippen LogP contribution in [0.15, 0.2) is 95.1 Å². The van der Waals surface area contributed by atoms with Gasteiger partial charge in [0, 0.05) is 30.1 Å². The van der Waals surface area contributed by atoms with Crippen molar-refractivity contribution in [2.24, 2.45) is 10.3 Å². The van der Waals surface area contributed by atoms with Crippen LogP contribution in [0.5, 0.6) is 34.5 Å². The van der Waals surface area contributed by atoms with Gasteiger partial charge < -0.3 is 39.8 Å². The van der Waals surface area contributed by atoms with Gasteiger partial charge in [-0.15, -0.1) is 0 Å². The number of amides is 2. The fourth-order valence-electron chi connectivity index (χ4n) is 4.94. The maximum Gasteiger partial charge on any atom is 0.446 e. The largest absolute Gasteiger partial charge is 0.869 e. The average molecular weight is 1020 g/mol. The Hall–Kier alpha value is -4.47. The van der Waals surface area contributed by atoms with E-state index in [2.05, 4.69) is 84.7 Å². The van der Waals surface area contributed by atoms with Crippen molar-refractivity contribution in [3.8, 4) is 34.5 Å². The van der Waals surface area contributed by atoms with Crippen LogP contribution in [0.3, 0.4) is 0 Å². The van der Waals surface area contributed by atoms with Crippen molar-refractivity contribution in [1.29, 1.82) is 0 Å². The first-order chi connectivity index (χ1) is 25.6. The molecule has 0 aliphatic carbocycles. The first-order valence-corrected chi connectivity index (χ1v) is 19.8. The van der Waals surface area contributed by atoms with E-state index in [0.29, 0.717) is 35.7 Å². The maximum atomic E-state index is 13.0. The van der Waals surface area contributed by atoms with Crippen molar-refractivity contribution in [2.45, 2.75) is 19.3 Å². The lowest BCUT2D eigenvalue weighted by Crippen LogP contribution is -2.33. The van der Waals surface area contributed by atoms with Gasteiger partial charge in [0.05, 0.1) is 13.4 Å². The van der Waals surface area contributed by atoms with Crippen LogP contribution >= 0.6 is 63.7 Å². The molecule has 8 rings (SSSR count). The number of ether oxygens (including phenoxy) is 2. The van der Waals surface area contributed by atoms with E-state index in [0.717, 1.165) is 0 Å². The van der Waals surface area contributed by atoms with Crippen LogP contribution in [0.4, 0.5) is 0 Å². The molecule has 4 aromatic carbocycles. The molecule has 8 bridgehead atoms. The van der Waals surface area contributed by atoms with E-state index in [1.165, 1.54) is 36.5 Å². The first-order valence-electron chi connectivity index (χ1n) is 15.2. The summed E-state index contributed by atoms with van der Waals surface area (Å²) in [6.07, 6.45) is 2.78. The highest BCUT2D eigenvalue weighted by atomic mass is 79.9. The SMILES string of the molecule is O=C1N/C=C/c2ccc(c(Br)c2)Oc2cc(ccc2OS(=O)(=O)O)CCNC(=O)/C(=N\O)Cc2cc(Br)c(c(Br)c2)Oc2cc(cc(Br)c2[O-])C/C1=N/O. The van der Waals surface area contributed by atoms with Crippen LogP contribution in [0.25, 0.3) is 6.08 Å². The molecule has 0 atom stereocenters. The lowest BCUT2D eigenvalue weighted by atomic mass is 10.1. The Morgan fingerprint density at radius 1 is 0.741 bits per heavy atom.